The quantitative estimate of drug-likeness (QED) is 0.706. The lowest BCUT2D eigenvalue weighted by molar-refractivity contribution is 0.621. The normalized spacial score (nSPS) is 10.5. The van der Waals surface area contributed by atoms with Crippen molar-refractivity contribution in [2.75, 3.05) is 5.32 Å². The lowest BCUT2D eigenvalue weighted by Crippen LogP contribution is -1.95. The first-order valence-corrected chi connectivity index (χ1v) is 4.81. The predicted molar refractivity (Wildman–Crippen MR) is 59.3 cm³/mol. The third-order valence-corrected chi connectivity index (χ3v) is 2.08. The summed E-state index contributed by atoms with van der Waals surface area (Å²) in [6.45, 7) is 0. The van der Waals surface area contributed by atoms with Crippen molar-refractivity contribution in [3.05, 3.63) is 42.7 Å². The van der Waals surface area contributed by atoms with E-state index in [9.17, 15) is 0 Å². The van der Waals surface area contributed by atoms with E-state index in [-0.39, 0.29) is 0 Å². The first-order valence-electron chi connectivity index (χ1n) is 4.81. The lowest BCUT2D eigenvalue weighted by Gasteiger charge is -1.96. The molecule has 0 fully saturated rings. The van der Waals surface area contributed by atoms with Gasteiger partial charge in [0.2, 0.25) is 5.95 Å². The lowest BCUT2D eigenvalue weighted by atomic mass is 10.3. The molecule has 0 aliphatic rings. The molecular formula is C11H8N4O. The van der Waals surface area contributed by atoms with Crippen molar-refractivity contribution in [1.29, 1.82) is 0 Å². The molecule has 0 saturated heterocycles. The number of hydrogen-bond donors (Lipinski definition) is 1. The van der Waals surface area contributed by atoms with Gasteiger partial charge < -0.3 is 4.42 Å². The molecule has 0 aliphatic heterocycles. The van der Waals surface area contributed by atoms with E-state index in [4.69, 9.17) is 4.42 Å². The zero-order chi connectivity index (χ0) is 10.8. The molecule has 0 amide bonds. The summed E-state index contributed by atoms with van der Waals surface area (Å²) in [7, 11) is 0. The number of para-hydroxylation sites is 2. The molecule has 0 unspecified atom stereocenters. The second-order valence-corrected chi connectivity index (χ2v) is 3.18. The molecule has 1 aromatic carbocycles. The maximum Gasteiger partial charge on any atom is 0.302 e. The largest absolute Gasteiger partial charge is 0.423 e. The summed E-state index contributed by atoms with van der Waals surface area (Å²) < 4.78 is 5.47. The van der Waals surface area contributed by atoms with Crippen LogP contribution in [0.25, 0.3) is 11.1 Å². The number of anilines is 2. The van der Waals surface area contributed by atoms with Gasteiger partial charge in [-0.05, 0) is 18.2 Å². The fourth-order valence-electron chi connectivity index (χ4n) is 1.38. The molecule has 0 saturated carbocycles. The summed E-state index contributed by atoms with van der Waals surface area (Å²) in [5.41, 5.74) is 1.54. The van der Waals surface area contributed by atoms with E-state index < -0.39 is 0 Å². The molecule has 3 rings (SSSR count). The highest BCUT2D eigenvalue weighted by atomic mass is 16.4. The SMILES string of the molecule is c1cnc(Nc2nc3ccccc3o2)nc1. The zero-order valence-electron chi connectivity index (χ0n) is 8.29. The van der Waals surface area contributed by atoms with E-state index in [1.54, 1.807) is 18.5 Å². The fourth-order valence-corrected chi connectivity index (χ4v) is 1.38. The molecule has 78 valence electrons. The molecule has 0 bridgehead atoms. The van der Waals surface area contributed by atoms with Crippen LogP contribution in [0.2, 0.25) is 0 Å². The van der Waals surface area contributed by atoms with Crippen LogP contribution in [0.4, 0.5) is 12.0 Å². The van der Waals surface area contributed by atoms with E-state index in [0.717, 1.165) is 11.1 Å². The number of oxazole rings is 1. The Bertz CT molecular complexity index is 572. The fraction of sp³-hybridized carbons (Fsp3) is 0. The highest BCUT2D eigenvalue weighted by Crippen LogP contribution is 2.19. The van der Waals surface area contributed by atoms with Gasteiger partial charge in [-0.3, -0.25) is 5.32 Å². The van der Waals surface area contributed by atoms with Crippen molar-refractivity contribution < 1.29 is 4.42 Å². The minimum absolute atomic E-state index is 0.396. The number of nitrogens with one attached hydrogen (secondary N) is 1. The van der Waals surface area contributed by atoms with Crippen LogP contribution in [0.5, 0.6) is 0 Å². The topological polar surface area (TPSA) is 63.8 Å². The molecule has 5 nitrogen and oxygen atoms in total. The first kappa shape index (κ1) is 8.84. The van der Waals surface area contributed by atoms with Crippen molar-refractivity contribution in [3.63, 3.8) is 0 Å². The highest BCUT2D eigenvalue weighted by molar-refractivity contribution is 5.74. The summed E-state index contributed by atoms with van der Waals surface area (Å²) >= 11 is 0. The Hall–Kier alpha value is -2.43. The minimum Gasteiger partial charge on any atom is -0.423 e. The Morgan fingerprint density at radius 3 is 2.62 bits per heavy atom. The Morgan fingerprint density at radius 2 is 1.81 bits per heavy atom. The van der Waals surface area contributed by atoms with E-state index in [2.05, 4.69) is 20.3 Å². The summed E-state index contributed by atoms with van der Waals surface area (Å²) in [6.07, 6.45) is 3.30. The molecule has 1 N–H and O–H groups in total. The Morgan fingerprint density at radius 1 is 1.00 bits per heavy atom. The van der Waals surface area contributed by atoms with Gasteiger partial charge in [0, 0.05) is 12.4 Å². The molecule has 0 atom stereocenters. The van der Waals surface area contributed by atoms with Crippen LogP contribution in [-0.2, 0) is 0 Å². The number of hydrogen-bond acceptors (Lipinski definition) is 5. The second-order valence-electron chi connectivity index (χ2n) is 3.18. The van der Waals surface area contributed by atoms with E-state index >= 15 is 0 Å². The molecule has 0 aliphatic carbocycles. The van der Waals surface area contributed by atoms with Crippen LogP contribution in [0, 0.1) is 0 Å². The summed E-state index contributed by atoms with van der Waals surface area (Å²) in [4.78, 5) is 12.3. The number of aromatic nitrogens is 3. The van der Waals surface area contributed by atoms with Gasteiger partial charge >= 0.3 is 6.01 Å². The van der Waals surface area contributed by atoms with Crippen molar-refractivity contribution >= 4 is 23.1 Å². The van der Waals surface area contributed by atoms with Gasteiger partial charge in [0.15, 0.2) is 5.58 Å². The Balaban J connectivity index is 1.95. The first-order chi connectivity index (χ1) is 7.92. The average molecular weight is 212 g/mol. The molecule has 3 aromatic rings. The van der Waals surface area contributed by atoms with Crippen LogP contribution < -0.4 is 5.32 Å². The summed E-state index contributed by atoms with van der Waals surface area (Å²) in [6, 6.07) is 9.70. The van der Waals surface area contributed by atoms with Gasteiger partial charge in [0.25, 0.3) is 0 Å². The summed E-state index contributed by atoms with van der Waals surface area (Å²) in [5.74, 6) is 0.467. The third kappa shape index (κ3) is 1.58. The van der Waals surface area contributed by atoms with Crippen LogP contribution in [-0.4, -0.2) is 15.0 Å². The van der Waals surface area contributed by atoms with Crippen molar-refractivity contribution in [1.82, 2.24) is 15.0 Å². The van der Waals surface area contributed by atoms with Crippen LogP contribution in [0.15, 0.2) is 47.1 Å². The molecule has 2 aromatic heterocycles. The van der Waals surface area contributed by atoms with Gasteiger partial charge in [-0.2, -0.15) is 4.98 Å². The van der Waals surface area contributed by atoms with E-state index in [1.807, 2.05) is 24.3 Å². The van der Waals surface area contributed by atoms with Crippen molar-refractivity contribution in [2.45, 2.75) is 0 Å². The van der Waals surface area contributed by atoms with E-state index in [0.29, 0.717) is 12.0 Å². The maximum atomic E-state index is 5.47. The number of benzene rings is 1. The monoisotopic (exact) mass is 212 g/mol. The Labute approximate surface area is 91.2 Å². The number of rotatable bonds is 2. The molecule has 2 heterocycles. The average Bonchev–Trinajstić information content (AvgIpc) is 2.72. The standard InChI is InChI=1S/C11H8N4O/c1-2-5-9-8(4-1)14-11(16-9)15-10-12-6-3-7-13-10/h1-7H,(H,12,13,14,15). The van der Waals surface area contributed by atoms with Crippen molar-refractivity contribution in [3.8, 4) is 0 Å². The van der Waals surface area contributed by atoms with Gasteiger partial charge in [0.05, 0.1) is 0 Å². The van der Waals surface area contributed by atoms with Crippen LogP contribution >= 0.6 is 0 Å². The van der Waals surface area contributed by atoms with Crippen LogP contribution in [0.3, 0.4) is 0 Å². The Kier molecular flexibility index (Phi) is 2.00. The van der Waals surface area contributed by atoms with Crippen molar-refractivity contribution in [2.24, 2.45) is 0 Å². The molecular weight excluding hydrogens is 204 g/mol. The second kappa shape index (κ2) is 3.62. The van der Waals surface area contributed by atoms with Crippen LogP contribution in [0.1, 0.15) is 0 Å². The molecule has 0 spiro atoms. The summed E-state index contributed by atoms with van der Waals surface area (Å²) in [5, 5.41) is 2.89. The van der Waals surface area contributed by atoms with Gasteiger partial charge in [-0.25, -0.2) is 9.97 Å². The number of fused-ring (bicyclic) bond motifs is 1. The molecule has 16 heavy (non-hydrogen) atoms. The maximum absolute atomic E-state index is 5.47. The smallest absolute Gasteiger partial charge is 0.302 e. The molecule has 0 radical (unpaired) electrons. The highest BCUT2D eigenvalue weighted by Gasteiger charge is 2.05. The molecule has 5 heteroatoms. The van der Waals surface area contributed by atoms with E-state index in [1.165, 1.54) is 0 Å². The van der Waals surface area contributed by atoms with Gasteiger partial charge in [0.1, 0.15) is 5.52 Å². The zero-order valence-corrected chi connectivity index (χ0v) is 8.29. The van der Waals surface area contributed by atoms with Gasteiger partial charge in [-0.1, -0.05) is 12.1 Å². The predicted octanol–water partition coefficient (Wildman–Crippen LogP) is 2.36. The van der Waals surface area contributed by atoms with Gasteiger partial charge in [-0.15, -0.1) is 0 Å². The minimum atomic E-state index is 0.396. The third-order valence-electron chi connectivity index (χ3n) is 2.08. The number of nitrogens with zero attached hydrogens (tertiary/aromatic N) is 3.